The van der Waals surface area contributed by atoms with Crippen molar-refractivity contribution in [3.63, 3.8) is 0 Å². The number of alkyl halides is 6. The molecule has 0 saturated carbocycles. The van der Waals surface area contributed by atoms with Gasteiger partial charge in [0.1, 0.15) is 11.5 Å². The van der Waals surface area contributed by atoms with Crippen LogP contribution in [0.1, 0.15) is 21.7 Å². The van der Waals surface area contributed by atoms with E-state index in [0.717, 1.165) is 29.8 Å². The van der Waals surface area contributed by atoms with Gasteiger partial charge in [0.25, 0.3) is 5.91 Å². The molecule has 16 heteroatoms. The molecule has 0 unspecified atom stereocenters. The number of ether oxygens (including phenoxy) is 2. The molecular weight excluding hydrogens is 584 g/mol. The van der Waals surface area contributed by atoms with Crippen molar-refractivity contribution in [3.8, 4) is 34.0 Å². The van der Waals surface area contributed by atoms with Gasteiger partial charge in [0, 0.05) is 16.7 Å². The normalized spacial score (nSPS) is 11.8. The third-order valence-corrected chi connectivity index (χ3v) is 5.89. The minimum absolute atomic E-state index is 0.0760. The van der Waals surface area contributed by atoms with E-state index < -0.39 is 24.2 Å². The summed E-state index contributed by atoms with van der Waals surface area (Å²) >= 11 is 0. The van der Waals surface area contributed by atoms with Crippen molar-refractivity contribution in [2.45, 2.75) is 25.8 Å². The Kier molecular flexibility index (Phi) is 8.00. The van der Waals surface area contributed by atoms with Crippen LogP contribution in [0.15, 0.2) is 78.9 Å². The van der Waals surface area contributed by atoms with Gasteiger partial charge in [-0.3, -0.25) is 9.48 Å². The van der Waals surface area contributed by atoms with E-state index in [-0.39, 0.29) is 19.0 Å². The Balaban J connectivity index is 1.39. The predicted octanol–water partition coefficient (Wildman–Crippen LogP) is 5.51. The van der Waals surface area contributed by atoms with Crippen LogP contribution in [0.25, 0.3) is 22.5 Å². The molecule has 2 heterocycles. The van der Waals surface area contributed by atoms with E-state index >= 15 is 0 Å². The fourth-order valence-electron chi connectivity index (χ4n) is 4.02. The number of benzene rings is 3. The Morgan fingerprint density at radius 1 is 0.814 bits per heavy atom. The van der Waals surface area contributed by atoms with Gasteiger partial charge in [-0.2, -0.15) is 10.3 Å². The van der Waals surface area contributed by atoms with Crippen molar-refractivity contribution in [1.29, 1.82) is 0 Å². The van der Waals surface area contributed by atoms with Gasteiger partial charge in [0.15, 0.2) is 5.82 Å². The maximum Gasteiger partial charge on any atom is 0.573 e. The number of tetrazole rings is 1. The number of nitrogens with zero attached hydrogens (tertiary/aromatic N) is 5. The molecule has 0 aliphatic heterocycles. The average molecular weight is 603 g/mol. The number of nitrogens with one attached hydrogen (secondary N) is 2. The molecule has 0 aliphatic carbocycles. The molecule has 1 amide bonds. The van der Waals surface area contributed by atoms with E-state index in [4.69, 9.17) is 0 Å². The number of carbonyl (C=O) groups is 1. The van der Waals surface area contributed by atoms with Crippen molar-refractivity contribution in [2.24, 2.45) is 0 Å². The number of aromatic amines is 1. The predicted molar refractivity (Wildman–Crippen MR) is 137 cm³/mol. The van der Waals surface area contributed by atoms with E-state index in [1.165, 1.54) is 24.3 Å². The van der Waals surface area contributed by atoms with Crippen LogP contribution in [-0.4, -0.2) is 49.0 Å². The summed E-state index contributed by atoms with van der Waals surface area (Å²) in [6.07, 6.45) is -9.70. The monoisotopic (exact) mass is 603 g/mol. The number of hydrogen-bond acceptors (Lipinski definition) is 7. The Labute approximate surface area is 238 Å². The van der Waals surface area contributed by atoms with Gasteiger partial charge in [0.2, 0.25) is 0 Å². The second-order valence-corrected chi connectivity index (χ2v) is 8.92. The zero-order valence-corrected chi connectivity index (χ0v) is 21.6. The molecule has 3 aromatic carbocycles. The minimum atomic E-state index is -4.85. The van der Waals surface area contributed by atoms with Gasteiger partial charge in [-0.15, -0.1) is 36.5 Å². The molecule has 0 fully saturated rings. The largest absolute Gasteiger partial charge is 0.573 e. The van der Waals surface area contributed by atoms with E-state index in [9.17, 15) is 31.1 Å². The first kappa shape index (κ1) is 29.1. The van der Waals surface area contributed by atoms with Crippen LogP contribution >= 0.6 is 0 Å². The maximum absolute atomic E-state index is 12.6. The molecule has 0 atom stereocenters. The molecule has 5 rings (SSSR count). The quantitative estimate of drug-likeness (QED) is 0.213. The van der Waals surface area contributed by atoms with E-state index in [1.54, 1.807) is 35.0 Å². The number of aromatic nitrogens is 6. The van der Waals surface area contributed by atoms with Gasteiger partial charge in [-0.25, -0.2) is 0 Å². The lowest BCUT2D eigenvalue weighted by Crippen LogP contribution is -2.23. The molecule has 0 bridgehead atoms. The van der Waals surface area contributed by atoms with Crippen molar-refractivity contribution >= 4 is 5.91 Å². The molecule has 222 valence electrons. The first-order chi connectivity index (χ1) is 20.4. The zero-order valence-electron chi connectivity index (χ0n) is 21.6. The Bertz CT molecular complexity index is 1670. The molecule has 5 aromatic rings. The topological polar surface area (TPSA) is 120 Å². The van der Waals surface area contributed by atoms with Crippen molar-refractivity contribution in [1.82, 2.24) is 35.7 Å². The smallest absolute Gasteiger partial charge is 0.406 e. The van der Waals surface area contributed by atoms with Crippen molar-refractivity contribution in [3.05, 3.63) is 95.8 Å². The van der Waals surface area contributed by atoms with Gasteiger partial charge >= 0.3 is 12.7 Å². The van der Waals surface area contributed by atoms with Crippen LogP contribution in [-0.2, 0) is 13.1 Å². The van der Waals surface area contributed by atoms with Gasteiger partial charge < -0.3 is 14.8 Å². The molecule has 0 radical (unpaired) electrons. The third-order valence-electron chi connectivity index (χ3n) is 5.89. The highest BCUT2D eigenvalue weighted by Gasteiger charge is 2.31. The van der Waals surface area contributed by atoms with Crippen LogP contribution in [0.3, 0.4) is 0 Å². The molecular formula is C27H19F6N7O3. The number of halogens is 6. The summed E-state index contributed by atoms with van der Waals surface area (Å²) in [6.45, 7) is 0.267. The van der Waals surface area contributed by atoms with Crippen LogP contribution in [0.2, 0.25) is 0 Å². The van der Waals surface area contributed by atoms with Crippen LogP contribution in [0.4, 0.5) is 26.3 Å². The van der Waals surface area contributed by atoms with Gasteiger partial charge in [-0.05, 0) is 72.3 Å². The van der Waals surface area contributed by atoms with E-state index in [2.05, 4.69) is 40.5 Å². The molecule has 43 heavy (non-hydrogen) atoms. The fourth-order valence-corrected chi connectivity index (χ4v) is 4.02. The first-order valence-corrected chi connectivity index (χ1v) is 12.3. The maximum atomic E-state index is 12.6. The second-order valence-electron chi connectivity index (χ2n) is 8.92. The average Bonchev–Trinajstić information content (AvgIpc) is 3.62. The Morgan fingerprint density at radius 3 is 1.93 bits per heavy atom. The highest BCUT2D eigenvalue weighted by molar-refractivity contribution is 5.94. The SMILES string of the molecule is O=C(NCc1nn[nH]n1)c1ccc(Cn2nc(-c3ccc(OC(F)(F)F)cc3)cc2-c2ccc(OC(F)(F)F)cc2)cc1. The van der Waals surface area contributed by atoms with Crippen LogP contribution in [0.5, 0.6) is 11.5 Å². The zero-order chi connectivity index (χ0) is 30.6. The Hall–Kier alpha value is -5.41. The molecule has 10 nitrogen and oxygen atoms in total. The summed E-state index contributed by atoms with van der Waals surface area (Å²) in [5, 5.41) is 20.5. The Morgan fingerprint density at radius 2 is 1.40 bits per heavy atom. The minimum Gasteiger partial charge on any atom is -0.406 e. The highest BCUT2D eigenvalue weighted by Crippen LogP contribution is 2.31. The molecule has 0 spiro atoms. The number of rotatable bonds is 9. The molecule has 0 aliphatic rings. The fraction of sp³-hybridized carbons (Fsp3) is 0.148. The summed E-state index contributed by atoms with van der Waals surface area (Å²) in [6, 6.07) is 18.5. The lowest BCUT2D eigenvalue weighted by atomic mass is 10.1. The number of amides is 1. The van der Waals surface area contributed by atoms with Gasteiger partial charge in [-0.1, -0.05) is 17.3 Å². The lowest BCUT2D eigenvalue weighted by molar-refractivity contribution is -0.275. The van der Waals surface area contributed by atoms with Gasteiger partial charge in [0.05, 0.1) is 24.5 Å². The van der Waals surface area contributed by atoms with Crippen molar-refractivity contribution < 1.29 is 40.6 Å². The molecule has 0 saturated heterocycles. The lowest BCUT2D eigenvalue weighted by Gasteiger charge is -2.11. The standard InChI is InChI=1S/C27H19F6N7O3/c28-26(29,30)42-20-9-5-17(6-10-20)22-13-23(18-7-11-21(12-8-18)43-27(31,32)33)40(37-22)15-16-1-3-19(4-2-16)25(41)34-14-24-35-38-39-36-24/h1-13H,14-15H2,(H,34,41)(H,35,36,38,39). The third kappa shape index (κ3) is 7.87. The van der Waals surface area contributed by atoms with Crippen LogP contribution < -0.4 is 14.8 Å². The van der Waals surface area contributed by atoms with Crippen LogP contribution in [0, 0.1) is 0 Å². The number of H-pyrrole nitrogens is 1. The summed E-state index contributed by atoms with van der Waals surface area (Å²) < 4.78 is 85.0. The van der Waals surface area contributed by atoms with E-state index in [0.29, 0.717) is 33.9 Å². The highest BCUT2D eigenvalue weighted by atomic mass is 19.4. The summed E-state index contributed by atoms with van der Waals surface area (Å²) in [7, 11) is 0. The summed E-state index contributed by atoms with van der Waals surface area (Å²) in [5.41, 5.74) is 2.97. The second kappa shape index (κ2) is 11.8. The summed E-state index contributed by atoms with van der Waals surface area (Å²) in [5.74, 6) is -0.862. The van der Waals surface area contributed by atoms with Crippen molar-refractivity contribution in [2.75, 3.05) is 0 Å². The first-order valence-electron chi connectivity index (χ1n) is 12.3. The molecule has 2 N–H and O–H groups in total. The van der Waals surface area contributed by atoms with E-state index in [1.807, 2.05) is 0 Å². The molecule has 2 aromatic heterocycles. The number of carbonyl (C=O) groups excluding carboxylic acids is 1. The summed E-state index contributed by atoms with van der Waals surface area (Å²) in [4.78, 5) is 12.5. The number of hydrogen-bond donors (Lipinski definition) is 2.